The van der Waals surface area contributed by atoms with E-state index in [1.54, 1.807) is 0 Å². The quantitative estimate of drug-likeness (QED) is 0.818. The number of likely N-dealkylation sites (N-methyl/N-ethyl adjacent to an activating group) is 1. The Labute approximate surface area is 128 Å². The van der Waals surface area contributed by atoms with Gasteiger partial charge in [0, 0.05) is 31.7 Å². The summed E-state index contributed by atoms with van der Waals surface area (Å²) >= 11 is 0. The molecule has 0 radical (unpaired) electrons. The second-order valence-electron chi connectivity index (χ2n) is 7.51. The summed E-state index contributed by atoms with van der Waals surface area (Å²) in [5.41, 5.74) is -0.419. The van der Waals surface area contributed by atoms with Gasteiger partial charge in [0.05, 0.1) is 0 Å². The summed E-state index contributed by atoms with van der Waals surface area (Å²) in [5.74, 6) is 0.750. The van der Waals surface area contributed by atoms with Gasteiger partial charge in [-0.2, -0.15) is 0 Å². The van der Waals surface area contributed by atoms with Crippen LogP contribution in [0.5, 0.6) is 0 Å². The van der Waals surface area contributed by atoms with Gasteiger partial charge in [0.25, 0.3) is 0 Å². The monoisotopic (exact) mass is 297 g/mol. The van der Waals surface area contributed by atoms with Gasteiger partial charge in [0.2, 0.25) is 0 Å². The number of hydrogen-bond donors (Lipinski definition) is 2. The SMILES string of the molecule is CN1CCNCC1C1CCC(NC(=O)OC(C)(C)C)CC1. The number of carbonyl (C=O) groups excluding carboxylic acids is 1. The number of alkyl carbamates (subject to hydrolysis) is 1. The molecule has 122 valence electrons. The van der Waals surface area contributed by atoms with Crippen LogP contribution in [0.1, 0.15) is 46.5 Å². The van der Waals surface area contributed by atoms with E-state index in [2.05, 4.69) is 22.6 Å². The van der Waals surface area contributed by atoms with Crippen molar-refractivity contribution in [3.05, 3.63) is 0 Å². The molecule has 0 bridgehead atoms. The van der Waals surface area contributed by atoms with Gasteiger partial charge in [0.15, 0.2) is 0 Å². The zero-order valence-electron chi connectivity index (χ0n) is 13.9. The van der Waals surface area contributed by atoms with Crippen LogP contribution in [-0.2, 0) is 4.74 Å². The van der Waals surface area contributed by atoms with Gasteiger partial charge in [-0.1, -0.05) is 0 Å². The van der Waals surface area contributed by atoms with E-state index in [4.69, 9.17) is 4.74 Å². The lowest BCUT2D eigenvalue weighted by atomic mass is 9.80. The van der Waals surface area contributed by atoms with Crippen molar-refractivity contribution in [2.75, 3.05) is 26.7 Å². The van der Waals surface area contributed by atoms with E-state index in [-0.39, 0.29) is 12.1 Å². The van der Waals surface area contributed by atoms with E-state index in [9.17, 15) is 4.79 Å². The minimum atomic E-state index is -0.419. The summed E-state index contributed by atoms with van der Waals surface area (Å²) in [6.07, 6.45) is 4.24. The molecule has 0 aromatic carbocycles. The Morgan fingerprint density at radius 1 is 1.24 bits per heavy atom. The molecule has 1 aliphatic heterocycles. The Balaban J connectivity index is 1.74. The van der Waals surface area contributed by atoms with Gasteiger partial charge >= 0.3 is 6.09 Å². The molecule has 1 unspecified atom stereocenters. The molecule has 2 rings (SSSR count). The Kier molecular flexibility index (Phi) is 5.49. The summed E-state index contributed by atoms with van der Waals surface area (Å²) < 4.78 is 5.33. The van der Waals surface area contributed by atoms with Crippen molar-refractivity contribution >= 4 is 6.09 Å². The third-order valence-corrected chi connectivity index (χ3v) is 4.60. The maximum Gasteiger partial charge on any atom is 0.407 e. The topological polar surface area (TPSA) is 53.6 Å². The lowest BCUT2D eigenvalue weighted by molar-refractivity contribution is 0.0471. The van der Waals surface area contributed by atoms with Crippen molar-refractivity contribution in [1.29, 1.82) is 0 Å². The van der Waals surface area contributed by atoms with Gasteiger partial charge in [-0.25, -0.2) is 4.79 Å². The van der Waals surface area contributed by atoms with Crippen LogP contribution in [0.3, 0.4) is 0 Å². The van der Waals surface area contributed by atoms with Crippen LogP contribution in [0.15, 0.2) is 0 Å². The number of ether oxygens (including phenoxy) is 1. The van der Waals surface area contributed by atoms with Crippen LogP contribution in [0.4, 0.5) is 4.79 Å². The van der Waals surface area contributed by atoms with Crippen LogP contribution < -0.4 is 10.6 Å². The first-order valence-electron chi connectivity index (χ1n) is 8.25. The molecule has 1 aliphatic carbocycles. The number of hydrogen-bond acceptors (Lipinski definition) is 4. The molecular weight excluding hydrogens is 266 g/mol. The highest BCUT2D eigenvalue weighted by Crippen LogP contribution is 2.29. The molecule has 21 heavy (non-hydrogen) atoms. The molecule has 0 aromatic heterocycles. The number of nitrogens with one attached hydrogen (secondary N) is 2. The molecule has 0 spiro atoms. The maximum absolute atomic E-state index is 11.8. The molecule has 2 N–H and O–H groups in total. The number of nitrogens with zero attached hydrogens (tertiary/aromatic N) is 1. The van der Waals surface area contributed by atoms with Crippen molar-refractivity contribution in [3.8, 4) is 0 Å². The summed E-state index contributed by atoms with van der Waals surface area (Å²) in [7, 11) is 2.23. The van der Waals surface area contributed by atoms with Crippen molar-refractivity contribution in [2.24, 2.45) is 5.92 Å². The lowest BCUT2D eigenvalue weighted by Crippen LogP contribution is -2.54. The van der Waals surface area contributed by atoms with Gasteiger partial charge in [-0.15, -0.1) is 0 Å². The minimum absolute atomic E-state index is 0.276. The fraction of sp³-hybridized carbons (Fsp3) is 0.938. The van der Waals surface area contributed by atoms with Gasteiger partial charge in [0.1, 0.15) is 5.60 Å². The number of amides is 1. The summed E-state index contributed by atoms with van der Waals surface area (Å²) in [5, 5.41) is 6.52. The zero-order chi connectivity index (χ0) is 15.5. The molecule has 5 nitrogen and oxygen atoms in total. The second-order valence-corrected chi connectivity index (χ2v) is 7.51. The molecule has 1 saturated carbocycles. The van der Waals surface area contributed by atoms with E-state index in [0.29, 0.717) is 6.04 Å². The van der Waals surface area contributed by atoms with Crippen LogP contribution in [0.2, 0.25) is 0 Å². The van der Waals surface area contributed by atoms with Crippen molar-refractivity contribution in [3.63, 3.8) is 0 Å². The average Bonchev–Trinajstić information content (AvgIpc) is 2.38. The minimum Gasteiger partial charge on any atom is -0.444 e. The van der Waals surface area contributed by atoms with Crippen molar-refractivity contribution < 1.29 is 9.53 Å². The standard InChI is InChI=1S/C16H31N3O2/c1-16(2,3)21-15(20)18-13-7-5-12(6-8-13)14-11-17-9-10-19(14)4/h12-14,17H,5-11H2,1-4H3,(H,18,20). The molecule has 2 fully saturated rings. The fourth-order valence-corrected chi connectivity index (χ4v) is 3.48. The van der Waals surface area contributed by atoms with E-state index in [0.717, 1.165) is 38.4 Å². The summed E-state index contributed by atoms with van der Waals surface area (Å²) in [6, 6.07) is 0.930. The van der Waals surface area contributed by atoms with Crippen LogP contribution in [0.25, 0.3) is 0 Å². The molecule has 1 amide bonds. The summed E-state index contributed by atoms with van der Waals surface area (Å²) in [4.78, 5) is 14.3. The predicted octanol–water partition coefficient (Wildman–Crippen LogP) is 1.97. The Bertz CT molecular complexity index is 346. The highest BCUT2D eigenvalue weighted by atomic mass is 16.6. The van der Waals surface area contributed by atoms with E-state index in [1.807, 2.05) is 20.8 Å². The Morgan fingerprint density at radius 3 is 2.48 bits per heavy atom. The van der Waals surface area contributed by atoms with Crippen LogP contribution >= 0.6 is 0 Å². The second kappa shape index (κ2) is 6.97. The Hall–Kier alpha value is -0.810. The molecule has 5 heteroatoms. The number of rotatable bonds is 2. The van der Waals surface area contributed by atoms with E-state index in [1.165, 1.54) is 12.8 Å². The maximum atomic E-state index is 11.8. The van der Waals surface area contributed by atoms with Crippen molar-refractivity contribution in [2.45, 2.75) is 64.1 Å². The van der Waals surface area contributed by atoms with Gasteiger partial charge < -0.3 is 20.3 Å². The zero-order valence-corrected chi connectivity index (χ0v) is 13.9. The van der Waals surface area contributed by atoms with Crippen molar-refractivity contribution in [1.82, 2.24) is 15.5 Å². The number of carbonyl (C=O) groups is 1. The van der Waals surface area contributed by atoms with Gasteiger partial charge in [-0.05, 0) is 59.4 Å². The van der Waals surface area contributed by atoms with E-state index >= 15 is 0 Å². The normalized spacial score (nSPS) is 31.7. The molecule has 1 heterocycles. The third kappa shape index (κ3) is 5.15. The Morgan fingerprint density at radius 2 is 1.90 bits per heavy atom. The first-order chi connectivity index (χ1) is 9.85. The largest absolute Gasteiger partial charge is 0.444 e. The third-order valence-electron chi connectivity index (χ3n) is 4.60. The lowest BCUT2D eigenvalue weighted by Gasteiger charge is -2.41. The fourth-order valence-electron chi connectivity index (χ4n) is 3.48. The molecule has 0 aromatic rings. The highest BCUT2D eigenvalue weighted by molar-refractivity contribution is 5.68. The molecular formula is C16H31N3O2. The first-order valence-corrected chi connectivity index (χ1v) is 8.25. The smallest absolute Gasteiger partial charge is 0.407 e. The summed E-state index contributed by atoms with van der Waals surface area (Å²) in [6.45, 7) is 9.04. The molecule has 1 atom stereocenters. The number of piperazine rings is 1. The molecule has 1 saturated heterocycles. The average molecular weight is 297 g/mol. The highest BCUT2D eigenvalue weighted by Gasteiger charge is 2.32. The molecule has 2 aliphatic rings. The van der Waals surface area contributed by atoms with Gasteiger partial charge in [-0.3, -0.25) is 0 Å². The predicted molar refractivity (Wildman–Crippen MR) is 84.4 cm³/mol. The van der Waals surface area contributed by atoms with E-state index < -0.39 is 5.60 Å². The van der Waals surface area contributed by atoms with Crippen LogP contribution in [-0.4, -0.2) is 55.4 Å². The first kappa shape index (κ1) is 16.6. The van der Waals surface area contributed by atoms with Crippen LogP contribution in [0, 0.1) is 5.92 Å².